The number of rotatable bonds is 4. The minimum Gasteiger partial charge on any atom is -0.463 e. The van der Waals surface area contributed by atoms with Crippen molar-refractivity contribution < 1.29 is 9.52 Å². The Morgan fingerprint density at radius 1 is 1.44 bits per heavy atom. The lowest BCUT2D eigenvalue weighted by molar-refractivity contribution is 0.149. The summed E-state index contributed by atoms with van der Waals surface area (Å²) in [6, 6.07) is 5.76. The molecule has 2 heterocycles. The molecule has 0 bridgehead atoms. The maximum atomic E-state index is 10.0. The van der Waals surface area contributed by atoms with E-state index < -0.39 is 6.10 Å². The first-order chi connectivity index (χ1) is 7.70. The summed E-state index contributed by atoms with van der Waals surface area (Å²) in [5.41, 5.74) is 0. The molecule has 0 saturated heterocycles. The molecule has 2 aromatic rings. The SMILES string of the molecule is CCc1ccc(C(O)Cc2sccc2Br)o1. The number of furan rings is 1. The van der Waals surface area contributed by atoms with Crippen LogP contribution in [0.2, 0.25) is 0 Å². The van der Waals surface area contributed by atoms with Gasteiger partial charge in [0.15, 0.2) is 0 Å². The van der Waals surface area contributed by atoms with Crippen LogP contribution in [0.15, 0.2) is 32.5 Å². The maximum Gasteiger partial charge on any atom is 0.133 e. The highest BCUT2D eigenvalue weighted by atomic mass is 79.9. The van der Waals surface area contributed by atoms with Gasteiger partial charge in [-0.1, -0.05) is 6.92 Å². The lowest BCUT2D eigenvalue weighted by Crippen LogP contribution is -1.99. The second-order valence-electron chi connectivity index (χ2n) is 3.57. The van der Waals surface area contributed by atoms with Crippen molar-refractivity contribution in [1.82, 2.24) is 0 Å². The standard InChI is InChI=1S/C12H13BrO2S/c1-2-8-3-4-11(15-8)10(14)7-12-9(13)5-6-16-12/h3-6,10,14H,2,7H2,1H3. The lowest BCUT2D eigenvalue weighted by atomic mass is 10.2. The van der Waals surface area contributed by atoms with E-state index in [-0.39, 0.29) is 0 Å². The van der Waals surface area contributed by atoms with Crippen LogP contribution in [0.4, 0.5) is 0 Å². The van der Waals surface area contributed by atoms with E-state index in [4.69, 9.17) is 4.42 Å². The number of aliphatic hydroxyl groups is 1. The van der Waals surface area contributed by atoms with Gasteiger partial charge in [0.05, 0.1) is 0 Å². The zero-order valence-corrected chi connectivity index (χ0v) is 11.3. The molecule has 4 heteroatoms. The number of aliphatic hydroxyl groups excluding tert-OH is 1. The first-order valence-electron chi connectivity index (χ1n) is 5.19. The van der Waals surface area contributed by atoms with E-state index in [1.54, 1.807) is 11.3 Å². The zero-order chi connectivity index (χ0) is 11.5. The predicted octanol–water partition coefficient (Wildman–Crippen LogP) is 3.94. The third-order valence-corrected chi connectivity index (χ3v) is 4.38. The van der Waals surface area contributed by atoms with Gasteiger partial charge in [-0.05, 0) is 39.5 Å². The molecule has 0 aliphatic heterocycles. The van der Waals surface area contributed by atoms with E-state index in [9.17, 15) is 5.11 Å². The smallest absolute Gasteiger partial charge is 0.133 e. The van der Waals surface area contributed by atoms with E-state index in [1.807, 2.05) is 30.5 Å². The topological polar surface area (TPSA) is 33.4 Å². The van der Waals surface area contributed by atoms with Crippen LogP contribution >= 0.6 is 27.3 Å². The molecule has 0 fully saturated rings. The van der Waals surface area contributed by atoms with Gasteiger partial charge in [0.2, 0.25) is 0 Å². The van der Waals surface area contributed by atoms with Gasteiger partial charge in [0, 0.05) is 22.2 Å². The Labute approximate surface area is 107 Å². The van der Waals surface area contributed by atoms with Crippen molar-refractivity contribution in [3.05, 3.63) is 44.4 Å². The summed E-state index contributed by atoms with van der Waals surface area (Å²) in [7, 11) is 0. The highest BCUT2D eigenvalue weighted by Gasteiger charge is 2.15. The van der Waals surface area contributed by atoms with E-state index in [0.717, 1.165) is 21.5 Å². The second kappa shape index (κ2) is 5.17. The Hall–Kier alpha value is -0.580. The Morgan fingerprint density at radius 2 is 2.25 bits per heavy atom. The second-order valence-corrected chi connectivity index (χ2v) is 5.42. The quantitative estimate of drug-likeness (QED) is 0.928. The van der Waals surface area contributed by atoms with Crippen LogP contribution in [-0.4, -0.2) is 5.11 Å². The van der Waals surface area contributed by atoms with Crippen molar-refractivity contribution in [2.75, 3.05) is 0 Å². The van der Waals surface area contributed by atoms with E-state index >= 15 is 0 Å². The van der Waals surface area contributed by atoms with Crippen LogP contribution in [0, 0.1) is 0 Å². The average molecular weight is 301 g/mol. The molecule has 1 atom stereocenters. The Kier molecular flexibility index (Phi) is 3.84. The van der Waals surface area contributed by atoms with Gasteiger partial charge < -0.3 is 9.52 Å². The molecule has 0 saturated carbocycles. The predicted molar refractivity (Wildman–Crippen MR) is 68.8 cm³/mol. The molecule has 0 aliphatic rings. The molecule has 16 heavy (non-hydrogen) atoms. The largest absolute Gasteiger partial charge is 0.463 e. The Morgan fingerprint density at radius 3 is 2.81 bits per heavy atom. The van der Waals surface area contributed by atoms with Gasteiger partial charge in [-0.25, -0.2) is 0 Å². The number of hydrogen-bond acceptors (Lipinski definition) is 3. The monoisotopic (exact) mass is 300 g/mol. The fourth-order valence-corrected chi connectivity index (χ4v) is 3.06. The molecule has 2 aromatic heterocycles. The number of halogens is 1. The number of hydrogen-bond donors (Lipinski definition) is 1. The molecular formula is C12H13BrO2S. The summed E-state index contributed by atoms with van der Waals surface area (Å²) in [6.07, 6.45) is 0.889. The Balaban J connectivity index is 2.08. The summed E-state index contributed by atoms with van der Waals surface area (Å²) in [5.74, 6) is 1.57. The van der Waals surface area contributed by atoms with Crippen molar-refractivity contribution in [2.45, 2.75) is 25.9 Å². The van der Waals surface area contributed by atoms with Gasteiger partial charge in [-0.2, -0.15) is 0 Å². The van der Waals surface area contributed by atoms with Gasteiger partial charge in [-0.3, -0.25) is 0 Å². The maximum absolute atomic E-state index is 10.0. The van der Waals surface area contributed by atoms with Crippen LogP contribution in [0.25, 0.3) is 0 Å². The fourth-order valence-electron chi connectivity index (χ4n) is 1.51. The first-order valence-corrected chi connectivity index (χ1v) is 6.86. The summed E-state index contributed by atoms with van der Waals surface area (Å²) in [5, 5.41) is 12.0. The zero-order valence-electron chi connectivity index (χ0n) is 8.94. The van der Waals surface area contributed by atoms with E-state index in [2.05, 4.69) is 15.9 Å². The molecule has 86 valence electrons. The van der Waals surface area contributed by atoms with Crippen molar-refractivity contribution in [3.63, 3.8) is 0 Å². The molecule has 0 spiro atoms. The summed E-state index contributed by atoms with van der Waals surface area (Å²) < 4.78 is 6.58. The highest BCUT2D eigenvalue weighted by molar-refractivity contribution is 9.10. The normalized spacial score (nSPS) is 12.9. The van der Waals surface area contributed by atoms with Crippen molar-refractivity contribution >= 4 is 27.3 Å². The van der Waals surface area contributed by atoms with Crippen LogP contribution in [0.5, 0.6) is 0 Å². The molecule has 0 radical (unpaired) electrons. The molecule has 1 unspecified atom stereocenters. The molecular weight excluding hydrogens is 288 g/mol. The summed E-state index contributed by atoms with van der Waals surface area (Å²) >= 11 is 5.09. The van der Waals surface area contributed by atoms with Crippen LogP contribution in [-0.2, 0) is 12.8 Å². The lowest BCUT2D eigenvalue weighted by Gasteiger charge is -2.06. The van der Waals surface area contributed by atoms with Crippen molar-refractivity contribution in [3.8, 4) is 0 Å². The summed E-state index contributed by atoms with van der Waals surface area (Å²) in [6.45, 7) is 2.03. The van der Waals surface area contributed by atoms with Gasteiger partial charge in [-0.15, -0.1) is 11.3 Å². The third-order valence-electron chi connectivity index (χ3n) is 2.43. The van der Waals surface area contributed by atoms with Crippen LogP contribution in [0.3, 0.4) is 0 Å². The fraction of sp³-hybridized carbons (Fsp3) is 0.333. The molecule has 0 aliphatic carbocycles. The van der Waals surface area contributed by atoms with E-state index in [1.165, 1.54) is 0 Å². The van der Waals surface area contributed by atoms with Gasteiger partial charge in [0.25, 0.3) is 0 Å². The molecule has 0 aromatic carbocycles. The minimum absolute atomic E-state index is 0.560. The first kappa shape index (κ1) is 11.9. The van der Waals surface area contributed by atoms with Crippen LogP contribution < -0.4 is 0 Å². The van der Waals surface area contributed by atoms with Crippen LogP contribution in [0.1, 0.15) is 29.4 Å². The van der Waals surface area contributed by atoms with Crippen molar-refractivity contribution in [1.29, 1.82) is 0 Å². The minimum atomic E-state index is -0.560. The van der Waals surface area contributed by atoms with Crippen molar-refractivity contribution in [2.24, 2.45) is 0 Å². The molecule has 2 rings (SSSR count). The van der Waals surface area contributed by atoms with Gasteiger partial charge >= 0.3 is 0 Å². The molecule has 0 amide bonds. The Bertz CT molecular complexity index is 461. The highest BCUT2D eigenvalue weighted by Crippen LogP contribution is 2.28. The third kappa shape index (κ3) is 2.56. The summed E-state index contributed by atoms with van der Waals surface area (Å²) in [4.78, 5) is 1.14. The van der Waals surface area contributed by atoms with E-state index in [0.29, 0.717) is 12.2 Å². The molecule has 2 nitrogen and oxygen atoms in total. The number of aryl methyl sites for hydroxylation is 1. The number of thiophene rings is 1. The molecule has 1 N–H and O–H groups in total. The average Bonchev–Trinajstić information content (AvgIpc) is 2.88. The van der Waals surface area contributed by atoms with Gasteiger partial charge in [0.1, 0.15) is 17.6 Å².